The van der Waals surface area contributed by atoms with Crippen molar-refractivity contribution in [3.8, 4) is 0 Å². The Balaban J connectivity index is 2.60. The highest BCUT2D eigenvalue weighted by Crippen LogP contribution is 2.21. The summed E-state index contributed by atoms with van der Waals surface area (Å²) in [5.41, 5.74) is 1.77. The highest BCUT2D eigenvalue weighted by molar-refractivity contribution is 5.94. The van der Waals surface area contributed by atoms with Crippen LogP contribution in [0.25, 0.3) is 10.9 Å². The minimum atomic E-state index is -1.31. The number of aryl methyl sites for hydroxylation is 1. The quantitative estimate of drug-likeness (QED) is 0.760. The lowest BCUT2D eigenvalue weighted by atomic mass is 10.1. The first kappa shape index (κ1) is 13.1. The maximum atomic E-state index is 11.4. The van der Waals surface area contributed by atoms with Crippen molar-refractivity contribution >= 4 is 22.8 Å². The number of carbonyl (C=O) groups is 2. The summed E-state index contributed by atoms with van der Waals surface area (Å²) in [7, 11) is 1.27. The van der Waals surface area contributed by atoms with E-state index < -0.39 is 11.9 Å². The minimum Gasteiger partial charge on any atom is -0.543 e. The number of esters is 1. The van der Waals surface area contributed by atoms with Gasteiger partial charge in [0, 0.05) is 10.9 Å². The van der Waals surface area contributed by atoms with Crippen LogP contribution in [0, 0.1) is 0 Å². The van der Waals surface area contributed by atoms with Gasteiger partial charge in [0.2, 0.25) is 0 Å². The Morgan fingerprint density at radius 1 is 1.32 bits per heavy atom. The van der Waals surface area contributed by atoms with E-state index in [-0.39, 0.29) is 12.2 Å². The molecule has 0 fully saturated rings. The standard InChI is InChI=1S/C14H15NO4/c1-3-9-4-5-11-10(6-9)7-12(14(17)18)15(11)8-13(16)19-2/h4-7H,3,8H2,1-2H3,(H,17,18)/p-1. The second-order valence-electron chi connectivity index (χ2n) is 4.23. The molecule has 0 saturated heterocycles. The van der Waals surface area contributed by atoms with Crippen LogP contribution in [0.15, 0.2) is 24.3 Å². The zero-order chi connectivity index (χ0) is 14.0. The molecule has 0 radical (unpaired) electrons. The molecule has 100 valence electrons. The zero-order valence-electron chi connectivity index (χ0n) is 10.8. The molecule has 0 aliphatic carbocycles. The van der Waals surface area contributed by atoms with Gasteiger partial charge in [0.25, 0.3) is 0 Å². The minimum absolute atomic E-state index is 0.0198. The summed E-state index contributed by atoms with van der Waals surface area (Å²) in [4.78, 5) is 22.5. The van der Waals surface area contributed by atoms with Crippen molar-refractivity contribution in [2.75, 3.05) is 7.11 Å². The topological polar surface area (TPSA) is 71.4 Å². The molecule has 2 aromatic rings. The molecular formula is C14H14NO4-. The Hall–Kier alpha value is -2.30. The van der Waals surface area contributed by atoms with E-state index in [0.29, 0.717) is 5.52 Å². The molecule has 0 spiro atoms. The second kappa shape index (κ2) is 5.14. The van der Waals surface area contributed by atoms with E-state index in [9.17, 15) is 14.7 Å². The van der Waals surface area contributed by atoms with E-state index in [1.807, 2.05) is 25.1 Å². The SMILES string of the molecule is CCc1ccc2c(c1)cc(C(=O)[O-])n2CC(=O)OC. The van der Waals surface area contributed by atoms with Crippen molar-refractivity contribution in [3.05, 3.63) is 35.5 Å². The van der Waals surface area contributed by atoms with Crippen LogP contribution in [0.2, 0.25) is 0 Å². The van der Waals surface area contributed by atoms with Gasteiger partial charge in [-0.2, -0.15) is 0 Å². The maximum Gasteiger partial charge on any atom is 0.325 e. The third-order valence-corrected chi connectivity index (χ3v) is 3.10. The number of hydrogen-bond donors (Lipinski definition) is 0. The van der Waals surface area contributed by atoms with Crippen LogP contribution in [0.4, 0.5) is 0 Å². The first-order valence-corrected chi connectivity index (χ1v) is 5.97. The van der Waals surface area contributed by atoms with Gasteiger partial charge in [0.05, 0.1) is 18.8 Å². The van der Waals surface area contributed by atoms with Crippen molar-refractivity contribution in [1.82, 2.24) is 4.57 Å². The molecule has 5 nitrogen and oxygen atoms in total. The molecule has 0 aliphatic rings. The number of carboxylic acids is 1. The molecule has 0 aliphatic heterocycles. The summed E-state index contributed by atoms with van der Waals surface area (Å²) in [5, 5.41) is 11.9. The largest absolute Gasteiger partial charge is 0.543 e. The van der Waals surface area contributed by atoms with E-state index >= 15 is 0 Å². The Bertz CT molecular complexity index is 642. The smallest absolute Gasteiger partial charge is 0.325 e. The molecule has 0 unspecified atom stereocenters. The van der Waals surface area contributed by atoms with Crippen LogP contribution < -0.4 is 5.11 Å². The third kappa shape index (κ3) is 2.45. The summed E-state index contributed by atoms with van der Waals surface area (Å²) >= 11 is 0. The molecule has 5 heteroatoms. The molecule has 0 amide bonds. The Morgan fingerprint density at radius 2 is 2.05 bits per heavy atom. The lowest BCUT2D eigenvalue weighted by Crippen LogP contribution is -2.27. The fraction of sp³-hybridized carbons (Fsp3) is 0.286. The van der Waals surface area contributed by atoms with Crippen molar-refractivity contribution in [1.29, 1.82) is 0 Å². The molecule has 0 bridgehead atoms. The number of aromatic nitrogens is 1. The van der Waals surface area contributed by atoms with Crippen LogP contribution in [0.3, 0.4) is 0 Å². The molecule has 19 heavy (non-hydrogen) atoms. The van der Waals surface area contributed by atoms with E-state index in [4.69, 9.17) is 0 Å². The molecular weight excluding hydrogens is 246 g/mol. The number of methoxy groups -OCH3 is 1. The lowest BCUT2D eigenvalue weighted by molar-refractivity contribution is -0.255. The normalized spacial score (nSPS) is 10.6. The summed E-state index contributed by atoms with van der Waals surface area (Å²) in [5.74, 6) is -1.81. The molecule has 2 rings (SSSR count). The average molecular weight is 260 g/mol. The third-order valence-electron chi connectivity index (χ3n) is 3.10. The van der Waals surface area contributed by atoms with Gasteiger partial charge in [-0.15, -0.1) is 0 Å². The summed E-state index contributed by atoms with van der Waals surface area (Å²) < 4.78 is 5.98. The van der Waals surface area contributed by atoms with Crippen LogP contribution in [-0.4, -0.2) is 23.6 Å². The first-order valence-electron chi connectivity index (χ1n) is 5.97. The number of hydrogen-bond acceptors (Lipinski definition) is 4. The number of aromatic carboxylic acids is 1. The number of ether oxygens (including phenoxy) is 1. The predicted molar refractivity (Wildman–Crippen MR) is 67.7 cm³/mol. The monoisotopic (exact) mass is 260 g/mol. The van der Waals surface area contributed by atoms with Crippen LogP contribution in [-0.2, 0) is 22.5 Å². The average Bonchev–Trinajstić information content (AvgIpc) is 2.76. The van der Waals surface area contributed by atoms with E-state index in [1.54, 1.807) is 0 Å². The van der Waals surface area contributed by atoms with Crippen molar-refractivity contribution in [2.45, 2.75) is 19.9 Å². The predicted octanol–water partition coefficient (Wildman–Crippen LogP) is 0.740. The Morgan fingerprint density at radius 3 is 2.63 bits per heavy atom. The molecule has 0 saturated carbocycles. The highest BCUT2D eigenvalue weighted by Gasteiger charge is 2.13. The second-order valence-corrected chi connectivity index (χ2v) is 4.23. The van der Waals surface area contributed by atoms with Gasteiger partial charge in [0.15, 0.2) is 0 Å². The fourth-order valence-corrected chi connectivity index (χ4v) is 2.07. The summed E-state index contributed by atoms with van der Waals surface area (Å²) in [6.07, 6.45) is 0.860. The van der Waals surface area contributed by atoms with E-state index in [0.717, 1.165) is 17.4 Å². The van der Waals surface area contributed by atoms with Crippen molar-refractivity contribution in [3.63, 3.8) is 0 Å². The number of carbonyl (C=O) groups excluding carboxylic acids is 2. The summed E-state index contributed by atoms with van der Waals surface area (Å²) in [6.45, 7) is 1.88. The molecule has 1 aromatic heterocycles. The van der Waals surface area contributed by atoms with Crippen LogP contribution in [0.1, 0.15) is 23.0 Å². The van der Waals surface area contributed by atoms with Crippen molar-refractivity contribution in [2.24, 2.45) is 0 Å². The fourth-order valence-electron chi connectivity index (χ4n) is 2.07. The number of fused-ring (bicyclic) bond motifs is 1. The van der Waals surface area contributed by atoms with Crippen LogP contribution >= 0.6 is 0 Å². The summed E-state index contributed by atoms with van der Waals surface area (Å²) in [6, 6.07) is 7.15. The van der Waals surface area contributed by atoms with Gasteiger partial charge in [-0.3, -0.25) is 4.79 Å². The molecule has 0 atom stereocenters. The molecule has 0 N–H and O–H groups in total. The van der Waals surface area contributed by atoms with Gasteiger partial charge in [-0.05, 0) is 30.2 Å². The van der Waals surface area contributed by atoms with Crippen molar-refractivity contribution < 1.29 is 19.4 Å². The number of benzene rings is 1. The van der Waals surface area contributed by atoms with E-state index in [2.05, 4.69) is 4.74 Å². The molecule has 1 aromatic carbocycles. The van der Waals surface area contributed by atoms with E-state index in [1.165, 1.54) is 17.7 Å². The number of rotatable bonds is 4. The van der Waals surface area contributed by atoms with Gasteiger partial charge in [-0.1, -0.05) is 13.0 Å². The highest BCUT2D eigenvalue weighted by atomic mass is 16.5. The van der Waals surface area contributed by atoms with Crippen LogP contribution in [0.5, 0.6) is 0 Å². The zero-order valence-corrected chi connectivity index (χ0v) is 10.8. The lowest BCUT2D eigenvalue weighted by Gasteiger charge is -2.09. The number of nitrogens with zero attached hydrogens (tertiary/aromatic N) is 1. The van der Waals surface area contributed by atoms with Gasteiger partial charge in [0.1, 0.15) is 6.54 Å². The molecule has 1 heterocycles. The first-order chi connectivity index (χ1) is 9.06. The Kier molecular flexibility index (Phi) is 3.55. The van der Waals surface area contributed by atoms with Gasteiger partial charge < -0.3 is 19.2 Å². The maximum absolute atomic E-state index is 11.4. The number of carboxylic acid groups (broad SMARTS) is 1. The Labute approximate surface area is 110 Å². The van der Waals surface area contributed by atoms with Gasteiger partial charge in [-0.25, -0.2) is 0 Å². The van der Waals surface area contributed by atoms with Gasteiger partial charge >= 0.3 is 5.97 Å².